The molecule has 0 bridgehead atoms. The van der Waals surface area contributed by atoms with Crippen LogP contribution in [0.1, 0.15) is 0 Å². The van der Waals surface area contributed by atoms with Gasteiger partial charge in [-0.1, -0.05) is 18.2 Å². The fourth-order valence-electron chi connectivity index (χ4n) is 2.59. The molecule has 0 spiro atoms. The number of sulfonamides is 1. The van der Waals surface area contributed by atoms with E-state index in [1.54, 1.807) is 48.9 Å². The molecular weight excluding hydrogens is 350 g/mol. The summed E-state index contributed by atoms with van der Waals surface area (Å²) in [6, 6.07) is 21.0. The van der Waals surface area contributed by atoms with Crippen LogP contribution in [0.4, 0.5) is 5.82 Å². The van der Waals surface area contributed by atoms with E-state index in [0.29, 0.717) is 11.6 Å². The number of para-hydroxylation sites is 1. The average Bonchev–Trinajstić information content (AvgIpc) is 3.34. The van der Waals surface area contributed by atoms with Gasteiger partial charge in [-0.3, -0.25) is 4.72 Å². The smallest absolute Gasteiger partial charge is 0.263 e. The number of aromatic nitrogens is 2. The van der Waals surface area contributed by atoms with E-state index in [2.05, 4.69) is 9.82 Å². The standard InChI is InChI=1S/C19H15N3O3S/c23-26(24,17-10-8-15(9-11-17)18-7-4-14-25-18)21-19-12-13-20-22(19)16-5-2-1-3-6-16/h1-14,21H. The minimum atomic E-state index is -3.74. The van der Waals surface area contributed by atoms with E-state index in [1.165, 1.54) is 4.68 Å². The Morgan fingerprint density at radius 2 is 1.65 bits per heavy atom. The van der Waals surface area contributed by atoms with Crippen LogP contribution in [0.3, 0.4) is 0 Å². The fourth-order valence-corrected chi connectivity index (χ4v) is 3.64. The van der Waals surface area contributed by atoms with Gasteiger partial charge in [0.2, 0.25) is 0 Å². The summed E-state index contributed by atoms with van der Waals surface area (Å²) in [4.78, 5) is 0.161. The zero-order valence-corrected chi connectivity index (χ0v) is 14.4. The summed E-state index contributed by atoms with van der Waals surface area (Å²) in [6.07, 6.45) is 3.12. The summed E-state index contributed by atoms with van der Waals surface area (Å²) < 4.78 is 34.9. The Hall–Kier alpha value is -3.32. The van der Waals surface area contributed by atoms with Crippen molar-refractivity contribution < 1.29 is 12.8 Å². The third kappa shape index (κ3) is 3.12. The molecule has 0 amide bonds. The van der Waals surface area contributed by atoms with E-state index in [0.717, 1.165) is 11.3 Å². The highest BCUT2D eigenvalue weighted by molar-refractivity contribution is 7.92. The van der Waals surface area contributed by atoms with E-state index < -0.39 is 10.0 Å². The van der Waals surface area contributed by atoms with Gasteiger partial charge in [0.1, 0.15) is 11.6 Å². The third-order valence-corrected chi connectivity index (χ3v) is 5.22. The molecule has 7 heteroatoms. The first-order valence-electron chi connectivity index (χ1n) is 7.90. The monoisotopic (exact) mass is 365 g/mol. The van der Waals surface area contributed by atoms with Crippen molar-refractivity contribution in [3.8, 4) is 17.0 Å². The summed E-state index contributed by atoms with van der Waals surface area (Å²) in [5.41, 5.74) is 1.58. The van der Waals surface area contributed by atoms with Gasteiger partial charge in [0.15, 0.2) is 0 Å². The number of rotatable bonds is 5. The molecule has 130 valence electrons. The summed E-state index contributed by atoms with van der Waals surface area (Å²) in [6.45, 7) is 0. The highest BCUT2D eigenvalue weighted by Gasteiger charge is 2.17. The lowest BCUT2D eigenvalue weighted by molar-refractivity contribution is 0.582. The second kappa shape index (κ2) is 6.53. The van der Waals surface area contributed by atoms with Gasteiger partial charge < -0.3 is 4.42 Å². The lowest BCUT2D eigenvalue weighted by Crippen LogP contribution is -2.15. The van der Waals surface area contributed by atoms with Crippen molar-refractivity contribution in [1.29, 1.82) is 0 Å². The molecule has 26 heavy (non-hydrogen) atoms. The molecule has 4 aromatic rings. The van der Waals surface area contributed by atoms with Crippen LogP contribution < -0.4 is 4.72 Å². The maximum Gasteiger partial charge on any atom is 0.263 e. The van der Waals surface area contributed by atoms with Crippen LogP contribution in [0.5, 0.6) is 0 Å². The highest BCUT2D eigenvalue weighted by atomic mass is 32.2. The molecule has 4 rings (SSSR count). The summed E-state index contributed by atoms with van der Waals surface area (Å²) in [5, 5.41) is 4.19. The molecule has 0 aliphatic heterocycles. The molecule has 2 aromatic heterocycles. The number of benzene rings is 2. The number of furan rings is 1. The molecule has 6 nitrogen and oxygen atoms in total. The third-order valence-electron chi connectivity index (χ3n) is 3.85. The Labute approximate surface area is 150 Å². The molecule has 0 saturated carbocycles. The minimum absolute atomic E-state index is 0.161. The molecule has 0 unspecified atom stereocenters. The normalized spacial score (nSPS) is 11.4. The fraction of sp³-hybridized carbons (Fsp3) is 0. The van der Waals surface area contributed by atoms with Crippen molar-refractivity contribution in [3.63, 3.8) is 0 Å². The van der Waals surface area contributed by atoms with Crippen LogP contribution in [0.25, 0.3) is 17.0 Å². The van der Waals surface area contributed by atoms with E-state index in [4.69, 9.17) is 4.42 Å². The first-order chi connectivity index (χ1) is 12.6. The van der Waals surface area contributed by atoms with Crippen molar-refractivity contribution in [1.82, 2.24) is 9.78 Å². The number of nitrogens with zero attached hydrogens (tertiary/aromatic N) is 2. The van der Waals surface area contributed by atoms with E-state index >= 15 is 0 Å². The second-order valence-electron chi connectivity index (χ2n) is 5.57. The Kier molecular flexibility index (Phi) is 4.06. The zero-order chi connectivity index (χ0) is 18.0. The van der Waals surface area contributed by atoms with Crippen LogP contribution in [0, 0.1) is 0 Å². The quantitative estimate of drug-likeness (QED) is 0.581. The van der Waals surface area contributed by atoms with E-state index in [1.807, 2.05) is 36.4 Å². The SMILES string of the molecule is O=S(=O)(Nc1ccnn1-c1ccccc1)c1ccc(-c2ccco2)cc1. The van der Waals surface area contributed by atoms with Crippen molar-refractivity contribution >= 4 is 15.8 Å². The Morgan fingerprint density at radius 3 is 2.35 bits per heavy atom. The first-order valence-corrected chi connectivity index (χ1v) is 9.38. The summed E-state index contributed by atoms with van der Waals surface area (Å²) in [7, 11) is -3.74. The second-order valence-corrected chi connectivity index (χ2v) is 7.25. The van der Waals surface area contributed by atoms with Gasteiger partial charge in [0.25, 0.3) is 10.0 Å². The highest BCUT2D eigenvalue weighted by Crippen LogP contribution is 2.23. The van der Waals surface area contributed by atoms with E-state index in [9.17, 15) is 8.42 Å². The minimum Gasteiger partial charge on any atom is -0.464 e. The molecule has 1 N–H and O–H groups in total. The molecule has 2 aromatic carbocycles. The van der Waals surface area contributed by atoms with Crippen LogP contribution in [0.2, 0.25) is 0 Å². The lowest BCUT2D eigenvalue weighted by Gasteiger charge is -2.11. The van der Waals surface area contributed by atoms with Crippen molar-refractivity contribution in [2.24, 2.45) is 0 Å². The van der Waals surface area contributed by atoms with Crippen molar-refractivity contribution in [2.75, 3.05) is 4.72 Å². The molecule has 0 aliphatic carbocycles. The van der Waals surface area contributed by atoms with Gasteiger partial charge >= 0.3 is 0 Å². The van der Waals surface area contributed by atoms with Gasteiger partial charge in [0.05, 0.1) is 23.0 Å². The molecule has 2 heterocycles. The largest absolute Gasteiger partial charge is 0.464 e. The first kappa shape index (κ1) is 16.2. The lowest BCUT2D eigenvalue weighted by atomic mass is 10.2. The Morgan fingerprint density at radius 1 is 0.885 bits per heavy atom. The van der Waals surface area contributed by atoms with Gasteiger partial charge in [-0.05, 0) is 48.5 Å². The maximum absolute atomic E-state index is 12.7. The Balaban J connectivity index is 1.62. The predicted octanol–water partition coefficient (Wildman–Crippen LogP) is 3.93. The molecule has 0 radical (unpaired) electrons. The summed E-state index contributed by atoms with van der Waals surface area (Å²) >= 11 is 0. The van der Waals surface area contributed by atoms with Gasteiger partial charge in [0, 0.05) is 11.6 Å². The van der Waals surface area contributed by atoms with Crippen LogP contribution in [0.15, 0.2) is 94.6 Å². The van der Waals surface area contributed by atoms with Crippen LogP contribution in [-0.4, -0.2) is 18.2 Å². The maximum atomic E-state index is 12.7. The van der Waals surface area contributed by atoms with Gasteiger partial charge in [-0.25, -0.2) is 13.1 Å². The number of nitrogens with one attached hydrogen (secondary N) is 1. The van der Waals surface area contributed by atoms with Gasteiger partial charge in [-0.2, -0.15) is 5.10 Å². The Bertz CT molecular complexity index is 1100. The zero-order valence-electron chi connectivity index (χ0n) is 13.6. The number of anilines is 1. The van der Waals surface area contributed by atoms with Crippen LogP contribution >= 0.6 is 0 Å². The molecule has 0 saturated heterocycles. The molecule has 0 atom stereocenters. The molecule has 0 fully saturated rings. The van der Waals surface area contributed by atoms with Gasteiger partial charge in [-0.15, -0.1) is 0 Å². The topological polar surface area (TPSA) is 77.1 Å². The van der Waals surface area contributed by atoms with Crippen molar-refractivity contribution in [2.45, 2.75) is 4.90 Å². The van der Waals surface area contributed by atoms with E-state index in [-0.39, 0.29) is 4.90 Å². The molecular formula is C19H15N3O3S. The number of hydrogen-bond donors (Lipinski definition) is 1. The average molecular weight is 365 g/mol. The number of hydrogen-bond acceptors (Lipinski definition) is 4. The molecule has 0 aliphatic rings. The summed E-state index contributed by atoms with van der Waals surface area (Å²) in [5.74, 6) is 1.05. The predicted molar refractivity (Wildman–Crippen MR) is 98.5 cm³/mol. The van der Waals surface area contributed by atoms with Crippen LogP contribution in [-0.2, 0) is 10.0 Å². The van der Waals surface area contributed by atoms with Crippen molar-refractivity contribution in [3.05, 3.63) is 85.3 Å².